The van der Waals surface area contributed by atoms with Crippen molar-refractivity contribution in [3.8, 4) is 0 Å². The Morgan fingerprint density at radius 3 is 2.43 bits per heavy atom. The number of hydrogen-bond acceptors (Lipinski definition) is 4. The van der Waals surface area contributed by atoms with Gasteiger partial charge in [-0.05, 0) is 38.1 Å². The van der Waals surface area contributed by atoms with E-state index in [0.29, 0.717) is 11.3 Å². The van der Waals surface area contributed by atoms with Crippen molar-refractivity contribution in [2.75, 3.05) is 5.32 Å². The van der Waals surface area contributed by atoms with E-state index in [0.717, 1.165) is 5.69 Å². The number of aryl methyl sites for hydroxylation is 2. The molecule has 0 aliphatic rings. The lowest BCUT2D eigenvalue weighted by Crippen LogP contribution is -2.19. The summed E-state index contributed by atoms with van der Waals surface area (Å²) in [5, 5.41) is 7.69. The first-order valence-corrected chi connectivity index (χ1v) is 7.71. The third-order valence-corrected chi connectivity index (χ3v) is 3.88. The highest BCUT2D eigenvalue weighted by molar-refractivity contribution is 7.89. The first-order valence-electron chi connectivity index (χ1n) is 6.16. The molecule has 1 aromatic heterocycles. The van der Waals surface area contributed by atoms with Crippen molar-refractivity contribution >= 4 is 21.6 Å². The average molecular weight is 305 g/mol. The van der Waals surface area contributed by atoms with E-state index in [1.54, 1.807) is 25.1 Å². The van der Waals surface area contributed by atoms with E-state index >= 15 is 0 Å². The summed E-state index contributed by atoms with van der Waals surface area (Å²) in [4.78, 5) is 16.3. The molecule has 1 aromatic carbocycles. The van der Waals surface area contributed by atoms with Crippen LogP contribution in [0, 0.1) is 13.8 Å². The molecular formula is C14H15N3O3S. The molecular weight excluding hydrogens is 290 g/mol. The lowest BCUT2D eigenvalue weighted by molar-refractivity contribution is 0.102. The second-order valence-corrected chi connectivity index (χ2v) is 6.11. The van der Waals surface area contributed by atoms with E-state index in [-0.39, 0.29) is 10.6 Å². The number of benzene rings is 1. The number of hydrogen-bond donors (Lipinski definition) is 2. The van der Waals surface area contributed by atoms with E-state index in [4.69, 9.17) is 5.14 Å². The van der Waals surface area contributed by atoms with Gasteiger partial charge in [-0.25, -0.2) is 13.6 Å². The van der Waals surface area contributed by atoms with E-state index < -0.39 is 15.9 Å². The molecule has 2 aromatic rings. The van der Waals surface area contributed by atoms with Crippen LogP contribution in [0.1, 0.15) is 21.7 Å². The van der Waals surface area contributed by atoms with Crippen molar-refractivity contribution in [3.05, 3.63) is 53.3 Å². The maximum absolute atomic E-state index is 12.2. The predicted octanol–water partition coefficient (Wildman–Crippen LogP) is 1.60. The number of para-hydroxylation sites is 1. The van der Waals surface area contributed by atoms with Crippen molar-refractivity contribution in [2.24, 2.45) is 5.14 Å². The molecule has 21 heavy (non-hydrogen) atoms. The predicted molar refractivity (Wildman–Crippen MR) is 79.5 cm³/mol. The van der Waals surface area contributed by atoms with Crippen molar-refractivity contribution in [1.82, 2.24) is 4.98 Å². The largest absolute Gasteiger partial charge is 0.321 e. The number of nitrogens with two attached hydrogens (primary N) is 1. The Morgan fingerprint density at radius 2 is 1.81 bits per heavy atom. The first-order chi connectivity index (χ1) is 9.79. The average Bonchev–Trinajstić information content (AvgIpc) is 2.37. The normalized spacial score (nSPS) is 11.2. The molecule has 0 saturated heterocycles. The number of amides is 1. The molecule has 0 atom stereocenters. The third-order valence-electron chi connectivity index (χ3n) is 2.91. The second kappa shape index (κ2) is 5.63. The monoisotopic (exact) mass is 305 g/mol. The fourth-order valence-electron chi connectivity index (χ4n) is 1.93. The van der Waals surface area contributed by atoms with E-state index in [2.05, 4.69) is 10.3 Å². The van der Waals surface area contributed by atoms with Gasteiger partial charge in [-0.2, -0.15) is 0 Å². The number of rotatable bonds is 3. The van der Waals surface area contributed by atoms with Gasteiger partial charge < -0.3 is 5.32 Å². The van der Waals surface area contributed by atoms with Crippen LogP contribution in [0.2, 0.25) is 0 Å². The molecule has 2 rings (SSSR count). The van der Waals surface area contributed by atoms with Crippen molar-refractivity contribution in [3.63, 3.8) is 0 Å². The van der Waals surface area contributed by atoms with E-state index in [9.17, 15) is 13.2 Å². The molecule has 7 heteroatoms. The Balaban J connectivity index is 2.37. The Kier molecular flexibility index (Phi) is 4.06. The zero-order valence-corrected chi connectivity index (χ0v) is 12.4. The molecule has 0 radical (unpaired) electrons. The summed E-state index contributed by atoms with van der Waals surface area (Å²) < 4.78 is 23.0. The summed E-state index contributed by atoms with van der Waals surface area (Å²) in [5.74, 6) is -0.434. The van der Waals surface area contributed by atoms with Crippen molar-refractivity contribution < 1.29 is 13.2 Å². The molecule has 3 N–H and O–H groups in total. The Labute approximate surface area is 123 Å². The van der Waals surface area contributed by atoms with Crippen LogP contribution in [-0.2, 0) is 10.0 Å². The first kappa shape index (κ1) is 15.1. The van der Waals surface area contributed by atoms with Crippen LogP contribution in [0.5, 0.6) is 0 Å². The van der Waals surface area contributed by atoms with Gasteiger partial charge in [0.1, 0.15) is 4.90 Å². The van der Waals surface area contributed by atoms with Gasteiger partial charge in [0.05, 0.1) is 16.9 Å². The molecule has 0 saturated carbocycles. The number of primary sulfonamides is 1. The van der Waals surface area contributed by atoms with Gasteiger partial charge in [0.25, 0.3) is 5.91 Å². The van der Waals surface area contributed by atoms with Crippen LogP contribution in [0.25, 0.3) is 0 Å². The number of nitrogens with zero attached hydrogens (tertiary/aromatic N) is 1. The second-order valence-electron chi connectivity index (χ2n) is 4.58. The molecule has 0 aliphatic carbocycles. The van der Waals surface area contributed by atoms with E-state index in [1.165, 1.54) is 18.2 Å². The Morgan fingerprint density at radius 1 is 1.14 bits per heavy atom. The molecule has 1 heterocycles. The van der Waals surface area contributed by atoms with Crippen LogP contribution in [0.4, 0.5) is 5.69 Å². The van der Waals surface area contributed by atoms with Gasteiger partial charge in [-0.3, -0.25) is 9.78 Å². The van der Waals surface area contributed by atoms with Gasteiger partial charge in [-0.15, -0.1) is 0 Å². The van der Waals surface area contributed by atoms with Gasteiger partial charge in [0, 0.05) is 5.69 Å². The molecule has 0 unspecified atom stereocenters. The zero-order valence-electron chi connectivity index (χ0n) is 11.6. The molecule has 110 valence electrons. The zero-order chi connectivity index (χ0) is 15.6. The Bertz CT molecular complexity index is 801. The van der Waals surface area contributed by atoms with Crippen LogP contribution in [0.15, 0.2) is 41.3 Å². The maximum atomic E-state index is 12.2. The number of carbonyl (C=O) groups excluding carboxylic acids is 1. The minimum atomic E-state index is -3.91. The topological polar surface area (TPSA) is 102 Å². The number of sulfonamides is 1. The minimum Gasteiger partial charge on any atom is -0.321 e. The highest BCUT2D eigenvalue weighted by atomic mass is 32.2. The summed E-state index contributed by atoms with van der Waals surface area (Å²) in [5.41, 5.74) is 1.89. The number of anilines is 1. The standard InChI is InChI=1S/C14H15N3O3S/c1-9-7-8-11(10(2)16-9)14(18)17-12-5-3-4-6-13(12)21(15,19)20/h3-8H,1-2H3,(H,17,18)(H2,15,19,20). The number of aromatic nitrogens is 1. The van der Waals surface area contributed by atoms with Crippen molar-refractivity contribution in [2.45, 2.75) is 18.7 Å². The van der Waals surface area contributed by atoms with Crippen LogP contribution < -0.4 is 10.5 Å². The molecule has 0 spiro atoms. The van der Waals surface area contributed by atoms with Gasteiger partial charge in [0.2, 0.25) is 10.0 Å². The summed E-state index contributed by atoms with van der Waals surface area (Å²) in [6, 6.07) is 9.33. The molecule has 0 fully saturated rings. The van der Waals surface area contributed by atoms with Crippen molar-refractivity contribution in [1.29, 1.82) is 0 Å². The summed E-state index contributed by atoms with van der Waals surface area (Å²) in [7, 11) is -3.91. The molecule has 6 nitrogen and oxygen atoms in total. The number of carbonyl (C=O) groups is 1. The number of nitrogens with one attached hydrogen (secondary N) is 1. The quantitative estimate of drug-likeness (QED) is 0.899. The van der Waals surface area contributed by atoms with Crippen LogP contribution in [0.3, 0.4) is 0 Å². The summed E-state index contributed by atoms with van der Waals surface area (Å²) in [6.07, 6.45) is 0. The minimum absolute atomic E-state index is 0.129. The van der Waals surface area contributed by atoms with Gasteiger partial charge in [-0.1, -0.05) is 12.1 Å². The highest BCUT2D eigenvalue weighted by Gasteiger charge is 2.17. The third kappa shape index (κ3) is 3.45. The lowest BCUT2D eigenvalue weighted by atomic mass is 10.1. The molecule has 0 bridgehead atoms. The highest BCUT2D eigenvalue weighted by Crippen LogP contribution is 2.20. The van der Waals surface area contributed by atoms with Crippen LogP contribution in [-0.4, -0.2) is 19.3 Å². The van der Waals surface area contributed by atoms with Gasteiger partial charge in [0.15, 0.2) is 0 Å². The van der Waals surface area contributed by atoms with E-state index in [1.807, 2.05) is 6.92 Å². The van der Waals surface area contributed by atoms with Crippen LogP contribution >= 0.6 is 0 Å². The SMILES string of the molecule is Cc1ccc(C(=O)Nc2ccccc2S(N)(=O)=O)c(C)n1. The summed E-state index contributed by atoms with van der Waals surface area (Å²) in [6.45, 7) is 3.54. The fraction of sp³-hybridized carbons (Fsp3) is 0.143. The summed E-state index contributed by atoms with van der Waals surface area (Å²) >= 11 is 0. The number of pyridine rings is 1. The smallest absolute Gasteiger partial charge is 0.257 e. The van der Waals surface area contributed by atoms with Gasteiger partial charge >= 0.3 is 0 Å². The lowest BCUT2D eigenvalue weighted by Gasteiger charge is -2.10. The maximum Gasteiger partial charge on any atom is 0.257 e. The Hall–Kier alpha value is -2.25. The molecule has 1 amide bonds. The fourth-order valence-corrected chi connectivity index (χ4v) is 2.63. The molecule has 0 aliphatic heterocycles.